The van der Waals surface area contributed by atoms with Crippen LogP contribution < -0.4 is 9.47 Å². The van der Waals surface area contributed by atoms with Gasteiger partial charge in [-0.1, -0.05) is 37.8 Å². The highest BCUT2D eigenvalue weighted by molar-refractivity contribution is 6.16. The molecular weight excluding hydrogens is 522 g/mol. The average Bonchev–Trinajstić information content (AvgIpc) is 3.24. The number of hydrogen-bond donors (Lipinski definition) is 1. The number of methoxy groups -OCH3 is 2. The highest BCUT2D eigenvalue weighted by atomic mass is 16.5. The Labute approximate surface area is 240 Å². The number of ketones is 2. The predicted octanol–water partition coefficient (Wildman–Crippen LogP) is 4.89. The number of ether oxygens (including phenoxy) is 2. The first kappa shape index (κ1) is 27.7. The summed E-state index contributed by atoms with van der Waals surface area (Å²) in [5.41, 5.74) is 1.40. The molecule has 0 radical (unpaired) electrons. The van der Waals surface area contributed by atoms with Crippen LogP contribution in [-0.2, 0) is 19.2 Å². The number of likely N-dealkylation sites (tertiary alicyclic amines) is 1. The number of rotatable bonds is 4. The van der Waals surface area contributed by atoms with Crippen molar-refractivity contribution in [3.05, 3.63) is 40.5 Å². The first-order valence-corrected chi connectivity index (χ1v) is 14.8. The third-order valence-electron chi connectivity index (χ3n) is 11.0. The van der Waals surface area contributed by atoms with Crippen molar-refractivity contribution in [3.8, 4) is 17.2 Å². The highest BCUT2D eigenvalue weighted by Crippen LogP contribution is 2.63. The molecule has 41 heavy (non-hydrogen) atoms. The Bertz CT molecular complexity index is 1390. The Morgan fingerprint density at radius 1 is 0.902 bits per heavy atom. The van der Waals surface area contributed by atoms with Crippen molar-refractivity contribution in [1.29, 1.82) is 0 Å². The van der Waals surface area contributed by atoms with Crippen molar-refractivity contribution in [2.75, 3.05) is 14.2 Å². The normalized spacial score (nSPS) is 33.8. The van der Waals surface area contributed by atoms with E-state index in [-0.39, 0.29) is 52.6 Å². The molecule has 1 aromatic rings. The minimum atomic E-state index is -1.11. The molecule has 8 heteroatoms. The van der Waals surface area contributed by atoms with Gasteiger partial charge in [-0.15, -0.1) is 0 Å². The SMILES string of the molecule is COc1cc([C@H]2C3=CC[C@@H]4C(=O)N(C5CCCCC5)C(=O)[C@@H]4[C@@H]3C[C@H]3C(=O)C(C)=C(C)C(=O)[C@@]23C)cc(OC)c1O. The topological polar surface area (TPSA) is 110 Å². The molecule has 218 valence electrons. The minimum absolute atomic E-state index is 0.0567. The van der Waals surface area contributed by atoms with Crippen LogP contribution in [0.2, 0.25) is 0 Å². The van der Waals surface area contributed by atoms with Gasteiger partial charge in [0.15, 0.2) is 23.1 Å². The monoisotopic (exact) mass is 561 g/mol. The molecule has 4 aliphatic carbocycles. The fraction of sp³-hybridized carbons (Fsp3) is 0.576. The van der Waals surface area contributed by atoms with Gasteiger partial charge < -0.3 is 14.6 Å². The summed E-state index contributed by atoms with van der Waals surface area (Å²) < 4.78 is 11.0. The highest BCUT2D eigenvalue weighted by Gasteiger charge is 2.64. The molecule has 1 heterocycles. The maximum absolute atomic E-state index is 14.2. The lowest BCUT2D eigenvalue weighted by Gasteiger charge is -2.54. The van der Waals surface area contributed by atoms with Gasteiger partial charge in [0.2, 0.25) is 17.6 Å². The standard InChI is InChI=1S/C33H39NO7/c1-16-17(2)30(37)33(3)23(28(16)35)15-22-20(27(33)18-13-24(40-4)29(36)25(14-18)41-5)11-12-21-26(22)32(39)34(31(21)38)19-9-7-6-8-10-19/h11,13-14,19,21-23,26-27,36H,6-10,12,15H2,1-5H3/t21-,22+,23-,26-,27-,33+/m0/s1. The van der Waals surface area contributed by atoms with E-state index in [4.69, 9.17) is 9.47 Å². The molecule has 6 atom stereocenters. The first-order valence-electron chi connectivity index (χ1n) is 14.8. The molecule has 1 saturated heterocycles. The number of carbonyl (C=O) groups excluding carboxylic acids is 4. The van der Waals surface area contributed by atoms with Crippen molar-refractivity contribution >= 4 is 23.4 Å². The van der Waals surface area contributed by atoms with E-state index in [2.05, 4.69) is 6.08 Å². The summed E-state index contributed by atoms with van der Waals surface area (Å²) >= 11 is 0. The van der Waals surface area contributed by atoms with Crippen LogP contribution >= 0.6 is 0 Å². The lowest BCUT2D eigenvalue weighted by Crippen LogP contribution is -2.55. The summed E-state index contributed by atoms with van der Waals surface area (Å²) in [5, 5.41) is 10.7. The molecule has 5 aliphatic rings. The number of allylic oxidation sites excluding steroid dienone is 4. The maximum atomic E-state index is 14.2. The summed E-state index contributed by atoms with van der Waals surface area (Å²) in [5.74, 6) is -2.69. The molecular formula is C33H39NO7. The van der Waals surface area contributed by atoms with E-state index in [0.717, 1.165) is 37.7 Å². The molecule has 2 amide bonds. The van der Waals surface area contributed by atoms with Crippen molar-refractivity contribution in [1.82, 2.24) is 4.90 Å². The number of hydrogen-bond acceptors (Lipinski definition) is 7. The van der Waals surface area contributed by atoms with Gasteiger partial charge in [-0.2, -0.15) is 0 Å². The molecule has 1 aromatic carbocycles. The third kappa shape index (κ3) is 3.78. The second-order valence-electron chi connectivity index (χ2n) is 12.7. The van der Waals surface area contributed by atoms with E-state index in [1.165, 1.54) is 14.2 Å². The Morgan fingerprint density at radius 3 is 2.15 bits per heavy atom. The van der Waals surface area contributed by atoms with Gasteiger partial charge in [-0.3, -0.25) is 24.1 Å². The molecule has 1 aliphatic heterocycles. The van der Waals surface area contributed by atoms with E-state index in [1.54, 1.807) is 30.9 Å². The van der Waals surface area contributed by atoms with Crippen LogP contribution in [0.5, 0.6) is 17.2 Å². The van der Waals surface area contributed by atoms with Crippen LogP contribution in [0.15, 0.2) is 34.9 Å². The number of benzene rings is 1. The van der Waals surface area contributed by atoms with Crippen LogP contribution in [-0.4, -0.2) is 53.6 Å². The second-order valence-corrected chi connectivity index (χ2v) is 12.7. The average molecular weight is 562 g/mol. The first-order chi connectivity index (χ1) is 19.6. The van der Waals surface area contributed by atoms with E-state index in [9.17, 15) is 24.3 Å². The summed E-state index contributed by atoms with van der Waals surface area (Å²) in [6.07, 6.45) is 7.65. The molecule has 3 fully saturated rings. The number of imide groups is 1. The molecule has 6 rings (SSSR count). The van der Waals surface area contributed by atoms with Crippen LogP contribution in [0.25, 0.3) is 0 Å². The van der Waals surface area contributed by atoms with E-state index in [1.807, 2.05) is 6.92 Å². The number of nitrogens with zero attached hydrogens (tertiary/aromatic N) is 1. The number of aromatic hydroxyl groups is 1. The number of amides is 2. The van der Waals surface area contributed by atoms with Gasteiger partial charge in [0.1, 0.15) is 0 Å². The zero-order valence-electron chi connectivity index (χ0n) is 24.5. The van der Waals surface area contributed by atoms with Crippen LogP contribution in [0.1, 0.15) is 77.2 Å². The van der Waals surface area contributed by atoms with Crippen molar-refractivity contribution < 1.29 is 33.8 Å². The molecule has 0 spiro atoms. The zero-order valence-corrected chi connectivity index (χ0v) is 24.5. The van der Waals surface area contributed by atoms with Crippen LogP contribution in [0, 0.1) is 29.1 Å². The summed E-state index contributed by atoms with van der Waals surface area (Å²) in [6.45, 7) is 5.29. The Morgan fingerprint density at radius 2 is 1.54 bits per heavy atom. The van der Waals surface area contributed by atoms with Crippen molar-refractivity contribution in [3.63, 3.8) is 0 Å². The molecule has 8 nitrogen and oxygen atoms in total. The fourth-order valence-electron chi connectivity index (χ4n) is 8.76. The summed E-state index contributed by atoms with van der Waals surface area (Å²) in [6, 6.07) is 3.35. The Balaban J connectivity index is 1.52. The molecule has 1 N–H and O–H groups in total. The number of carbonyl (C=O) groups is 4. The number of phenolic OH excluding ortho intramolecular Hbond substituents is 1. The summed E-state index contributed by atoms with van der Waals surface area (Å²) in [4.78, 5) is 57.6. The third-order valence-corrected chi connectivity index (χ3v) is 11.0. The van der Waals surface area contributed by atoms with Gasteiger partial charge in [0, 0.05) is 17.9 Å². The van der Waals surface area contributed by atoms with Crippen LogP contribution in [0.3, 0.4) is 0 Å². The smallest absolute Gasteiger partial charge is 0.233 e. The van der Waals surface area contributed by atoms with Gasteiger partial charge in [-0.25, -0.2) is 0 Å². The van der Waals surface area contributed by atoms with E-state index in [0.29, 0.717) is 29.6 Å². The lowest BCUT2D eigenvalue weighted by molar-refractivity contribution is -0.144. The fourth-order valence-corrected chi connectivity index (χ4v) is 8.76. The van der Waals surface area contributed by atoms with Gasteiger partial charge in [0.25, 0.3) is 0 Å². The van der Waals surface area contributed by atoms with E-state index < -0.39 is 29.1 Å². The Kier molecular flexibility index (Phi) is 6.66. The van der Waals surface area contributed by atoms with E-state index >= 15 is 0 Å². The van der Waals surface area contributed by atoms with Gasteiger partial charge in [-0.05, 0) is 74.3 Å². The number of fused-ring (bicyclic) bond motifs is 4. The molecule has 0 aromatic heterocycles. The molecule has 0 unspecified atom stereocenters. The number of Topliss-reactive ketones (excluding diaryl/α,β-unsaturated/α-hetero) is 2. The van der Waals surface area contributed by atoms with Crippen LogP contribution in [0.4, 0.5) is 0 Å². The van der Waals surface area contributed by atoms with Gasteiger partial charge in [0.05, 0.1) is 31.5 Å². The second kappa shape index (κ2) is 9.85. The number of phenols is 1. The molecule has 2 saturated carbocycles. The minimum Gasteiger partial charge on any atom is -0.502 e. The lowest BCUT2D eigenvalue weighted by atomic mass is 9.46. The van der Waals surface area contributed by atoms with Gasteiger partial charge >= 0.3 is 0 Å². The predicted molar refractivity (Wildman–Crippen MR) is 150 cm³/mol. The van der Waals surface area contributed by atoms with Crippen molar-refractivity contribution in [2.45, 2.75) is 77.7 Å². The maximum Gasteiger partial charge on any atom is 0.233 e. The Hall–Kier alpha value is -3.42. The van der Waals surface area contributed by atoms with Crippen molar-refractivity contribution in [2.24, 2.45) is 29.1 Å². The summed E-state index contributed by atoms with van der Waals surface area (Å²) in [7, 11) is 2.90. The zero-order chi connectivity index (χ0) is 29.4. The quantitative estimate of drug-likeness (QED) is 0.412. The molecule has 0 bridgehead atoms. The largest absolute Gasteiger partial charge is 0.502 e.